The van der Waals surface area contributed by atoms with E-state index in [2.05, 4.69) is 20.7 Å². The van der Waals surface area contributed by atoms with Crippen LogP contribution in [-0.2, 0) is 4.74 Å². The van der Waals surface area contributed by atoms with Gasteiger partial charge in [-0.2, -0.15) is 0 Å². The van der Waals surface area contributed by atoms with Crippen molar-refractivity contribution in [3.63, 3.8) is 0 Å². The van der Waals surface area contributed by atoms with Crippen LogP contribution in [-0.4, -0.2) is 12.7 Å². The highest BCUT2D eigenvalue weighted by atomic mass is 79.9. The zero-order chi connectivity index (χ0) is 8.97. The predicted molar refractivity (Wildman–Crippen MR) is 48.6 cm³/mol. The van der Waals surface area contributed by atoms with Crippen LogP contribution >= 0.6 is 15.9 Å². The van der Waals surface area contributed by atoms with Gasteiger partial charge >= 0.3 is 5.97 Å². The van der Waals surface area contributed by atoms with Crippen LogP contribution < -0.4 is 5.73 Å². The molecule has 0 spiro atoms. The number of benzene rings is 1. The molecule has 0 bridgehead atoms. The van der Waals surface area contributed by atoms with E-state index in [1.807, 2.05) is 0 Å². The molecular weight excluding hydrogens is 222 g/mol. The van der Waals surface area contributed by atoms with Crippen LogP contribution in [0, 0.1) is 0 Å². The molecule has 0 atom stereocenters. The molecule has 0 fully saturated rings. The summed E-state index contributed by atoms with van der Waals surface area (Å²) in [6.45, 7) is -0.0884. The third kappa shape index (κ3) is 2.32. The number of rotatable bonds is 2. The maximum absolute atomic E-state index is 11.0. The Bertz CT molecular complexity index is 271. The molecule has 2 N–H and O–H groups in total. The zero-order valence-corrected chi connectivity index (χ0v) is 7.87. The summed E-state index contributed by atoms with van der Waals surface area (Å²) in [6, 6.07) is 6.88. The van der Waals surface area contributed by atoms with E-state index in [9.17, 15) is 4.79 Å². The van der Waals surface area contributed by atoms with Crippen molar-refractivity contribution in [2.24, 2.45) is 5.73 Å². The molecule has 0 radical (unpaired) electrons. The summed E-state index contributed by atoms with van der Waals surface area (Å²) < 4.78 is 5.51. The molecule has 3 nitrogen and oxygen atoms in total. The fraction of sp³-hybridized carbons (Fsp3) is 0.125. The van der Waals surface area contributed by atoms with E-state index in [1.54, 1.807) is 24.3 Å². The summed E-state index contributed by atoms with van der Waals surface area (Å²) in [4.78, 5) is 11.0. The first-order valence-corrected chi connectivity index (χ1v) is 4.16. The van der Waals surface area contributed by atoms with Gasteiger partial charge in [0, 0.05) is 4.47 Å². The number of nitrogens with two attached hydrogens (primary N) is 1. The van der Waals surface area contributed by atoms with Crippen LogP contribution in [0.25, 0.3) is 0 Å². The van der Waals surface area contributed by atoms with Crippen molar-refractivity contribution in [1.29, 1.82) is 0 Å². The van der Waals surface area contributed by atoms with Gasteiger partial charge in [-0.1, -0.05) is 15.9 Å². The maximum Gasteiger partial charge on any atom is 0.339 e. The molecule has 0 aromatic heterocycles. The van der Waals surface area contributed by atoms with Crippen molar-refractivity contribution in [3.05, 3.63) is 34.3 Å². The average Bonchev–Trinajstić information content (AvgIpc) is 2.06. The van der Waals surface area contributed by atoms with E-state index >= 15 is 0 Å². The first-order chi connectivity index (χ1) is 5.74. The second-order valence-electron chi connectivity index (χ2n) is 2.11. The van der Waals surface area contributed by atoms with Crippen molar-refractivity contribution in [2.45, 2.75) is 0 Å². The minimum absolute atomic E-state index is 0.0884. The smallest absolute Gasteiger partial charge is 0.339 e. The highest BCUT2D eigenvalue weighted by molar-refractivity contribution is 9.10. The SMILES string of the molecule is NCOC(=O)c1ccc(Br)cc1. The molecule has 1 aromatic rings. The lowest BCUT2D eigenvalue weighted by Crippen LogP contribution is -2.11. The second kappa shape index (κ2) is 4.23. The number of carbonyl (C=O) groups excluding carboxylic acids is 1. The molecule has 4 heteroatoms. The first-order valence-electron chi connectivity index (χ1n) is 3.37. The summed E-state index contributed by atoms with van der Waals surface area (Å²) in [5.41, 5.74) is 5.55. The van der Waals surface area contributed by atoms with Gasteiger partial charge < -0.3 is 4.74 Å². The van der Waals surface area contributed by atoms with E-state index in [0.29, 0.717) is 5.56 Å². The van der Waals surface area contributed by atoms with Crippen LogP contribution in [0.1, 0.15) is 10.4 Å². The largest absolute Gasteiger partial charge is 0.446 e. The van der Waals surface area contributed by atoms with Crippen molar-refractivity contribution in [2.75, 3.05) is 6.73 Å². The number of esters is 1. The molecule has 1 rings (SSSR count). The lowest BCUT2D eigenvalue weighted by atomic mass is 10.2. The number of hydrogen-bond acceptors (Lipinski definition) is 3. The Morgan fingerprint density at radius 3 is 2.50 bits per heavy atom. The Labute approximate surface area is 78.6 Å². The third-order valence-electron chi connectivity index (χ3n) is 1.29. The highest BCUT2D eigenvalue weighted by Crippen LogP contribution is 2.10. The average molecular weight is 230 g/mol. The Morgan fingerprint density at radius 1 is 1.42 bits per heavy atom. The van der Waals surface area contributed by atoms with Crippen molar-refractivity contribution < 1.29 is 9.53 Å². The van der Waals surface area contributed by atoms with Gasteiger partial charge in [0.25, 0.3) is 0 Å². The third-order valence-corrected chi connectivity index (χ3v) is 1.82. The summed E-state index contributed by atoms with van der Waals surface area (Å²) >= 11 is 3.26. The molecular formula is C8H8BrNO2. The number of ether oxygens (including phenoxy) is 1. The fourth-order valence-electron chi connectivity index (χ4n) is 0.745. The molecule has 0 saturated carbocycles. The van der Waals surface area contributed by atoms with Crippen LogP contribution in [0.3, 0.4) is 0 Å². The van der Waals surface area contributed by atoms with Gasteiger partial charge in [-0.05, 0) is 24.3 Å². The van der Waals surface area contributed by atoms with Gasteiger partial charge in [-0.25, -0.2) is 4.79 Å². The molecule has 0 aliphatic heterocycles. The summed E-state index contributed by atoms with van der Waals surface area (Å²) in [7, 11) is 0. The van der Waals surface area contributed by atoms with E-state index in [4.69, 9.17) is 5.73 Å². The molecule has 0 unspecified atom stereocenters. The monoisotopic (exact) mass is 229 g/mol. The summed E-state index contributed by atoms with van der Waals surface area (Å²) in [5.74, 6) is -0.398. The van der Waals surface area contributed by atoms with Crippen LogP contribution in [0.4, 0.5) is 0 Å². The van der Waals surface area contributed by atoms with Crippen molar-refractivity contribution >= 4 is 21.9 Å². The molecule has 0 aliphatic rings. The normalized spacial score (nSPS) is 9.50. The number of carbonyl (C=O) groups is 1. The quantitative estimate of drug-likeness (QED) is 0.619. The Balaban J connectivity index is 2.75. The van der Waals surface area contributed by atoms with Crippen LogP contribution in [0.5, 0.6) is 0 Å². The van der Waals surface area contributed by atoms with E-state index in [0.717, 1.165) is 4.47 Å². The number of halogens is 1. The minimum atomic E-state index is -0.398. The van der Waals surface area contributed by atoms with Gasteiger partial charge in [-0.3, -0.25) is 5.73 Å². The Hall–Kier alpha value is -0.870. The Kier molecular flexibility index (Phi) is 3.25. The van der Waals surface area contributed by atoms with Gasteiger partial charge in [0.1, 0.15) is 6.73 Å². The summed E-state index contributed by atoms with van der Waals surface area (Å²) in [5, 5.41) is 0. The lowest BCUT2D eigenvalue weighted by Gasteiger charge is -2.00. The van der Waals surface area contributed by atoms with Gasteiger partial charge in [-0.15, -0.1) is 0 Å². The lowest BCUT2D eigenvalue weighted by molar-refractivity contribution is 0.0515. The van der Waals surface area contributed by atoms with Gasteiger partial charge in [0.05, 0.1) is 5.56 Å². The predicted octanol–water partition coefficient (Wildman–Crippen LogP) is 1.52. The number of hydrogen-bond donors (Lipinski definition) is 1. The molecule has 0 heterocycles. The van der Waals surface area contributed by atoms with Crippen LogP contribution in [0.2, 0.25) is 0 Å². The topological polar surface area (TPSA) is 52.3 Å². The summed E-state index contributed by atoms with van der Waals surface area (Å²) in [6.07, 6.45) is 0. The first kappa shape index (κ1) is 9.22. The van der Waals surface area contributed by atoms with Crippen LogP contribution in [0.15, 0.2) is 28.7 Å². The van der Waals surface area contributed by atoms with Crippen molar-refractivity contribution in [3.8, 4) is 0 Å². The van der Waals surface area contributed by atoms with E-state index in [1.165, 1.54) is 0 Å². The molecule has 0 saturated heterocycles. The fourth-order valence-corrected chi connectivity index (χ4v) is 1.01. The van der Waals surface area contributed by atoms with Gasteiger partial charge in [0.15, 0.2) is 0 Å². The maximum atomic E-state index is 11.0. The van der Waals surface area contributed by atoms with E-state index < -0.39 is 5.97 Å². The molecule has 0 aliphatic carbocycles. The Morgan fingerprint density at radius 2 is 2.00 bits per heavy atom. The van der Waals surface area contributed by atoms with E-state index in [-0.39, 0.29) is 6.73 Å². The van der Waals surface area contributed by atoms with Gasteiger partial charge in [0.2, 0.25) is 0 Å². The molecule has 12 heavy (non-hydrogen) atoms. The van der Waals surface area contributed by atoms with Crippen molar-refractivity contribution in [1.82, 2.24) is 0 Å². The standard InChI is InChI=1S/C8H8BrNO2/c9-7-3-1-6(2-4-7)8(11)12-5-10/h1-4H,5,10H2. The molecule has 0 amide bonds. The zero-order valence-electron chi connectivity index (χ0n) is 6.29. The minimum Gasteiger partial charge on any atom is -0.446 e. The highest BCUT2D eigenvalue weighted by Gasteiger charge is 2.04. The molecule has 64 valence electrons. The molecule has 1 aromatic carbocycles. The second-order valence-corrected chi connectivity index (χ2v) is 3.02.